The van der Waals surface area contributed by atoms with Gasteiger partial charge in [-0.25, -0.2) is 4.39 Å². The van der Waals surface area contributed by atoms with E-state index in [-0.39, 0.29) is 0 Å². The van der Waals surface area contributed by atoms with E-state index in [9.17, 15) is 4.39 Å². The fraction of sp³-hybridized carbons (Fsp3) is 0.875. The number of halogens is 1. The monoisotopic (exact) mass is 158 g/mol. The lowest BCUT2D eigenvalue weighted by Gasteiger charge is -2.16. The first-order valence-electron chi connectivity index (χ1n) is 4.06. The van der Waals surface area contributed by atoms with Crippen molar-refractivity contribution in [3.63, 3.8) is 0 Å². The first-order valence-corrected chi connectivity index (χ1v) is 4.06. The quantitative estimate of drug-likeness (QED) is 0.598. The van der Waals surface area contributed by atoms with E-state index in [4.69, 9.17) is 0 Å². The summed E-state index contributed by atoms with van der Waals surface area (Å²) in [4.78, 5) is 0. The number of rotatable bonds is 2. The zero-order valence-corrected chi connectivity index (χ0v) is 7.39. The zero-order valence-electron chi connectivity index (χ0n) is 7.39. The highest BCUT2D eigenvalue weighted by atomic mass is 19.1. The van der Waals surface area contributed by atoms with Crippen LogP contribution in [-0.2, 0) is 0 Å². The third kappa shape index (κ3) is 1.70. The normalized spacial score (nSPS) is 30.9. The van der Waals surface area contributed by atoms with E-state index >= 15 is 0 Å². The summed E-state index contributed by atoms with van der Waals surface area (Å²) in [6, 6.07) is 0. The molecule has 1 aliphatic heterocycles. The van der Waals surface area contributed by atoms with E-state index in [1.165, 1.54) is 0 Å². The molecular weight excluding hydrogens is 143 g/mol. The highest BCUT2D eigenvalue weighted by Crippen LogP contribution is 2.21. The van der Waals surface area contributed by atoms with Crippen LogP contribution in [0.2, 0.25) is 0 Å². The molecule has 3 heteroatoms. The third-order valence-electron chi connectivity index (χ3n) is 2.01. The molecule has 1 rings (SSSR count). The number of nitrogens with zero attached hydrogens (tertiary/aromatic N) is 2. The van der Waals surface area contributed by atoms with Crippen LogP contribution >= 0.6 is 0 Å². The Labute approximate surface area is 67.1 Å². The molecule has 0 fully saturated rings. The van der Waals surface area contributed by atoms with Crippen molar-refractivity contribution in [2.45, 2.75) is 32.9 Å². The lowest BCUT2D eigenvalue weighted by Crippen LogP contribution is -2.32. The van der Waals surface area contributed by atoms with Crippen molar-refractivity contribution in [2.75, 3.05) is 13.1 Å². The van der Waals surface area contributed by atoms with Crippen LogP contribution in [0.15, 0.2) is 5.10 Å². The summed E-state index contributed by atoms with van der Waals surface area (Å²) >= 11 is 0. The van der Waals surface area contributed by atoms with Gasteiger partial charge < -0.3 is 0 Å². The summed E-state index contributed by atoms with van der Waals surface area (Å²) in [5, 5.41) is 5.91. The second-order valence-corrected chi connectivity index (χ2v) is 3.27. The molecule has 0 aliphatic carbocycles. The van der Waals surface area contributed by atoms with Crippen LogP contribution in [0.3, 0.4) is 0 Å². The minimum Gasteiger partial charge on any atom is -0.293 e. The Balaban J connectivity index is 2.56. The van der Waals surface area contributed by atoms with Crippen molar-refractivity contribution in [3.8, 4) is 0 Å². The van der Waals surface area contributed by atoms with Gasteiger partial charge in [-0.3, -0.25) is 5.01 Å². The number of alkyl halides is 1. The van der Waals surface area contributed by atoms with Crippen LogP contribution in [0.4, 0.5) is 4.39 Å². The summed E-state index contributed by atoms with van der Waals surface area (Å²) in [6.45, 7) is 6.68. The van der Waals surface area contributed by atoms with Gasteiger partial charge in [0, 0.05) is 6.54 Å². The first kappa shape index (κ1) is 8.50. The Morgan fingerprint density at radius 1 is 1.73 bits per heavy atom. The molecular formula is C8H15FN2. The van der Waals surface area contributed by atoms with E-state index in [0.29, 0.717) is 12.3 Å². The maximum absolute atomic E-state index is 13.4. The molecule has 1 aliphatic rings. The van der Waals surface area contributed by atoms with Crippen molar-refractivity contribution in [1.29, 1.82) is 0 Å². The maximum Gasteiger partial charge on any atom is 0.166 e. The van der Waals surface area contributed by atoms with E-state index < -0.39 is 5.67 Å². The van der Waals surface area contributed by atoms with Crippen LogP contribution < -0.4 is 0 Å². The van der Waals surface area contributed by atoms with Gasteiger partial charge in [0.25, 0.3) is 0 Å². The minimum atomic E-state index is -1.20. The first-order chi connectivity index (χ1) is 5.06. The average molecular weight is 158 g/mol. The Hall–Kier alpha value is -0.600. The molecule has 0 bridgehead atoms. The van der Waals surface area contributed by atoms with Crippen LogP contribution in [0.25, 0.3) is 0 Å². The molecule has 1 unspecified atom stereocenters. The average Bonchev–Trinajstić information content (AvgIpc) is 2.08. The van der Waals surface area contributed by atoms with Crippen molar-refractivity contribution >= 4 is 5.71 Å². The topological polar surface area (TPSA) is 15.6 Å². The molecule has 0 saturated carbocycles. The van der Waals surface area contributed by atoms with Crippen LogP contribution in [0.1, 0.15) is 27.2 Å². The molecule has 64 valence electrons. The molecule has 11 heavy (non-hydrogen) atoms. The van der Waals surface area contributed by atoms with Gasteiger partial charge in [-0.2, -0.15) is 5.10 Å². The summed E-state index contributed by atoms with van der Waals surface area (Å²) in [5.41, 5.74) is -0.597. The number of hydrogen-bond acceptors (Lipinski definition) is 2. The van der Waals surface area contributed by atoms with Gasteiger partial charge in [0.2, 0.25) is 0 Å². The van der Waals surface area contributed by atoms with Crippen molar-refractivity contribution < 1.29 is 4.39 Å². The largest absolute Gasteiger partial charge is 0.293 e. The van der Waals surface area contributed by atoms with Crippen LogP contribution in [-0.4, -0.2) is 29.5 Å². The Morgan fingerprint density at radius 3 is 2.73 bits per heavy atom. The number of hydrazone groups is 1. The van der Waals surface area contributed by atoms with Crippen molar-refractivity contribution in [1.82, 2.24) is 5.01 Å². The molecule has 0 amide bonds. The zero-order chi connectivity index (χ0) is 8.48. The SMILES string of the molecule is CCCN1CC(C)(F)C(C)=N1. The number of hydrogen-bond donors (Lipinski definition) is 0. The summed E-state index contributed by atoms with van der Waals surface area (Å²) in [7, 11) is 0. The molecule has 0 saturated heterocycles. The smallest absolute Gasteiger partial charge is 0.166 e. The maximum atomic E-state index is 13.4. The van der Waals surface area contributed by atoms with Gasteiger partial charge in [-0.15, -0.1) is 0 Å². The molecule has 1 heterocycles. The molecule has 0 aromatic carbocycles. The summed E-state index contributed by atoms with van der Waals surface area (Å²) in [5.74, 6) is 0. The lowest BCUT2D eigenvalue weighted by molar-refractivity contribution is 0.202. The van der Waals surface area contributed by atoms with Gasteiger partial charge in [-0.05, 0) is 20.3 Å². The van der Waals surface area contributed by atoms with E-state index in [1.807, 2.05) is 0 Å². The molecule has 0 spiro atoms. The standard InChI is InChI=1S/C8H15FN2/c1-4-5-11-6-8(3,9)7(2)10-11/h4-6H2,1-3H3. The lowest BCUT2D eigenvalue weighted by atomic mass is 10.1. The Bertz CT molecular complexity index is 175. The van der Waals surface area contributed by atoms with Gasteiger partial charge in [0.05, 0.1) is 12.3 Å². The van der Waals surface area contributed by atoms with Crippen molar-refractivity contribution in [3.05, 3.63) is 0 Å². The van der Waals surface area contributed by atoms with Crippen molar-refractivity contribution in [2.24, 2.45) is 5.10 Å². The molecule has 2 nitrogen and oxygen atoms in total. The van der Waals surface area contributed by atoms with E-state index in [1.54, 1.807) is 18.9 Å². The third-order valence-corrected chi connectivity index (χ3v) is 2.01. The van der Waals surface area contributed by atoms with Gasteiger partial charge >= 0.3 is 0 Å². The summed E-state index contributed by atoms with van der Waals surface area (Å²) < 4.78 is 13.4. The molecule has 0 aromatic heterocycles. The van der Waals surface area contributed by atoms with Crippen LogP contribution in [0.5, 0.6) is 0 Å². The summed E-state index contributed by atoms with van der Waals surface area (Å²) in [6.07, 6.45) is 1.02. The predicted molar refractivity (Wildman–Crippen MR) is 44.5 cm³/mol. The molecule has 1 atom stereocenters. The Kier molecular flexibility index (Phi) is 2.16. The predicted octanol–water partition coefficient (Wildman–Crippen LogP) is 1.82. The second kappa shape index (κ2) is 2.80. The highest BCUT2D eigenvalue weighted by molar-refractivity contribution is 5.91. The fourth-order valence-electron chi connectivity index (χ4n) is 1.20. The van der Waals surface area contributed by atoms with E-state index in [2.05, 4.69) is 12.0 Å². The fourth-order valence-corrected chi connectivity index (χ4v) is 1.20. The molecule has 0 aromatic rings. The molecule has 0 N–H and O–H groups in total. The van der Waals surface area contributed by atoms with Gasteiger partial charge in [0.15, 0.2) is 5.67 Å². The second-order valence-electron chi connectivity index (χ2n) is 3.27. The van der Waals surface area contributed by atoms with Crippen LogP contribution in [0, 0.1) is 0 Å². The van der Waals surface area contributed by atoms with Gasteiger partial charge in [-0.1, -0.05) is 6.92 Å². The van der Waals surface area contributed by atoms with Gasteiger partial charge in [0.1, 0.15) is 0 Å². The Morgan fingerprint density at radius 2 is 2.36 bits per heavy atom. The minimum absolute atomic E-state index is 0.423. The van der Waals surface area contributed by atoms with E-state index in [0.717, 1.165) is 13.0 Å². The molecule has 0 radical (unpaired) electrons. The highest BCUT2D eigenvalue weighted by Gasteiger charge is 2.35.